The highest BCUT2D eigenvalue weighted by atomic mass is 35.5. The summed E-state index contributed by atoms with van der Waals surface area (Å²) in [7, 11) is 0. The molecule has 0 radical (unpaired) electrons. The normalized spacial score (nSPS) is 16.9. The number of thiophene rings is 1. The minimum Gasteiger partial charge on any atom is -0.372 e. The molecule has 0 aliphatic carbocycles. The number of rotatable bonds is 4. The van der Waals surface area contributed by atoms with Crippen LogP contribution in [0.4, 0.5) is 9.39 Å². The van der Waals surface area contributed by atoms with Gasteiger partial charge in [0, 0.05) is 34.3 Å². The lowest BCUT2D eigenvalue weighted by atomic mass is 10.0. The van der Waals surface area contributed by atoms with Crippen molar-refractivity contribution in [3.05, 3.63) is 40.1 Å². The van der Waals surface area contributed by atoms with Gasteiger partial charge in [-0.2, -0.15) is 10.4 Å². The van der Waals surface area contributed by atoms with Crippen molar-refractivity contribution < 1.29 is 9.13 Å². The van der Waals surface area contributed by atoms with Crippen LogP contribution in [-0.2, 0) is 4.74 Å². The van der Waals surface area contributed by atoms with Crippen LogP contribution in [0.3, 0.4) is 0 Å². The molecule has 1 atom stereocenters. The molecule has 10 heteroatoms. The molecule has 4 rings (SSSR count). The number of aromatic nitrogens is 3. The number of ether oxygens (including phenoxy) is 1. The lowest BCUT2D eigenvalue weighted by Gasteiger charge is -2.32. The van der Waals surface area contributed by atoms with Gasteiger partial charge in [-0.3, -0.25) is 5.10 Å². The number of aromatic amines is 1. The molecule has 1 aliphatic heterocycles. The van der Waals surface area contributed by atoms with Crippen molar-refractivity contribution in [2.45, 2.75) is 6.10 Å². The average molecular weight is 438 g/mol. The first-order chi connectivity index (χ1) is 13.6. The molecule has 1 aliphatic rings. The van der Waals surface area contributed by atoms with Gasteiger partial charge in [-0.1, -0.05) is 29.3 Å². The molecule has 2 aromatic heterocycles. The van der Waals surface area contributed by atoms with E-state index in [2.05, 4.69) is 21.3 Å². The number of alkyl halides is 1. The average Bonchev–Trinajstić information content (AvgIpc) is 3.35. The minimum atomic E-state index is -0.575. The van der Waals surface area contributed by atoms with Crippen molar-refractivity contribution in [1.29, 1.82) is 5.26 Å². The number of hydrogen-bond donors (Lipinski definition) is 1. The third-order valence-corrected chi connectivity index (χ3v) is 6.24. The standard InChI is InChI=1S/C18H14Cl2FN5OS/c19-10-1-2-12(14(20)5-10)15-13(7-22)18(26-3-4-27-11(6-21)8-26)28-16(15)17-23-9-24-25-17/h1-2,5,9,11H,3-4,6,8H2,(H,23,24,25)/t11-/m0/s1. The number of nitrogens with one attached hydrogen (secondary N) is 1. The van der Waals surface area contributed by atoms with E-state index in [-0.39, 0.29) is 0 Å². The molecule has 0 unspecified atom stereocenters. The third-order valence-electron chi connectivity index (χ3n) is 4.43. The highest BCUT2D eigenvalue weighted by Crippen LogP contribution is 2.48. The van der Waals surface area contributed by atoms with Crippen molar-refractivity contribution in [2.24, 2.45) is 0 Å². The van der Waals surface area contributed by atoms with E-state index in [1.54, 1.807) is 18.2 Å². The highest BCUT2D eigenvalue weighted by molar-refractivity contribution is 7.20. The zero-order valence-corrected chi connectivity index (χ0v) is 16.8. The van der Waals surface area contributed by atoms with E-state index in [1.165, 1.54) is 17.7 Å². The molecular formula is C18H14Cl2FN5OS. The SMILES string of the molecule is N#Cc1c(N2CCO[C@@H](CF)C2)sc(-c2ncn[nH]2)c1-c1ccc(Cl)cc1Cl. The zero-order valence-electron chi connectivity index (χ0n) is 14.5. The lowest BCUT2D eigenvalue weighted by molar-refractivity contribution is 0.0249. The Labute approximate surface area is 174 Å². The Morgan fingerprint density at radius 3 is 2.96 bits per heavy atom. The molecule has 3 aromatic rings. The van der Waals surface area contributed by atoms with Crippen molar-refractivity contribution in [3.8, 4) is 27.9 Å². The molecule has 1 aromatic carbocycles. The maximum absolute atomic E-state index is 13.1. The van der Waals surface area contributed by atoms with E-state index in [4.69, 9.17) is 27.9 Å². The van der Waals surface area contributed by atoms with Gasteiger partial charge in [-0.25, -0.2) is 9.37 Å². The molecule has 3 heterocycles. The number of H-pyrrole nitrogens is 1. The third kappa shape index (κ3) is 3.47. The topological polar surface area (TPSA) is 77.8 Å². The summed E-state index contributed by atoms with van der Waals surface area (Å²) in [4.78, 5) is 6.96. The maximum atomic E-state index is 13.1. The first kappa shape index (κ1) is 19.2. The Balaban J connectivity index is 1.91. The van der Waals surface area contributed by atoms with Gasteiger partial charge < -0.3 is 9.64 Å². The zero-order chi connectivity index (χ0) is 19.7. The largest absolute Gasteiger partial charge is 0.372 e. The van der Waals surface area contributed by atoms with Crippen LogP contribution in [0, 0.1) is 11.3 Å². The molecule has 144 valence electrons. The minimum absolute atomic E-state index is 0.370. The molecule has 0 spiro atoms. The summed E-state index contributed by atoms with van der Waals surface area (Å²) < 4.78 is 18.6. The smallest absolute Gasteiger partial charge is 0.166 e. The summed E-state index contributed by atoms with van der Waals surface area (Å²) in [5, 5.41) is 18.4. The molecule has 1 N–H and O–H groups in total. The number of anilines is 1. The Morgan fingerprint density at radius 2 is 2.29 bits per heavy atom. The number of hydrogen-bond acceptors (Lipinski definition) is 6. The molecule has 6 nitrogen and oxygen atoms in total. The molecule has 1 fully saturated rings. The predicted molar refractivity (Wildman–Crippen MR) is 108 cm³/mol. The molecular weight excluding hydrogens is 424 g/mol. The van der Waals surface area contributed by atoms with Gasteiger partial charge in [0.25, 0.3) is 0 Å². The highest BCUT2D eigenvalue weighted by Gasteiger charge is 2.29. The molecule has 0 amide bonds. The van der Waals surface area contributed by atoms with Crippen molar-refractivity contribution in [2.75, 3.05) is 31.3 Å². The predicted octanol–water partition coefficient (Wildman–Crippen LogP) is 4.55. The summed E-state index contributed by atoms with van der Waals surface area (Å²) in [5.74, 6) is 0.532. The van der Waals surface area contributed by atoms with E-state index in [1.807, 2.05) is 4.90 Å². The van der Waals surface area contributed by atoms with Crippen LogP contribution in [0.1, 0.15) is 5.56 Å². The maximum Gasteiger partial charge on any atom is 0.166 e. The van der Waals surface area contributed by atoms with Crippen LogP contribution in [0.15, 0.2) is 24.5 Å². The Morgan fingerprint density at radius 1 is 1.43 bits per heavy atom. The number of nitrogens with zero attached hydrogens (tertiary/aromatic N) is 4. The number of benzene rings is 1. The van der Waals surface area contributed by atoms with Crippen LogP contribution in [0.2, 0.25) is 10.0 Å². The summed E-state index contributed by atoms with van der Waals surface area (Å²) >= 11 is 13.9. The quantitative estimate of drug-likeness (QED) is 0.647. The van der Waals surface area contributed by atoms with E-state index in [0.29, 0.717) is 52.3 Å². The van der Waals surface area contributed by atoms with E-state index in [9.17, 15) is 9.65 Å². The fraction of sp³-hybridized carbons (Fsp3) is 0.278. The van der Waals surface area contributed by atoms with Gasteiger partial charge in [0.15, 0.2) is 5.82 Å². The van der Waals surface area contributed by atoms with Crippen LogP contribution < -0.4 is 4.90 Å². The summed E-state index contributed by atoms with van der Waals surface area (Å²) in [5.41, 5.74) is 1.79. The molecule has 0 bridgehead atoms. The van der Waals surface area contributed by atoms with Gasteiger partial charge in [-0.15, -0.1) is 11.3 Å². The van der Waals surface area contributed by atoms with E-state index >= 15 is 0 Å². The Kier molecular flexibility index (Phi) is 5.51. The van der Waals surface area contributed by atoms with Crippen molar-refractivity contribution >= 4 is 39.5 Å². The number of morpholine rings is 1. The Hall–Kier alpha value is -2.18. The fourth-order valence-electron chi connectivity index (χ4n) is 3.17. The number of nitriles is 1. The molecule has 1 saturated heterocycles. The lowest BCUT2D eigenvalue weighted by Crippen LogP contribution is -2.43. The van der Waals surface area contributed by atoms with Crippen LogP contribution in [0.25, 0.3) is 21.8 Å². The second-order valence-electron chi connectivity index (χ2n) is 6.15. The summed E-state index contributed by atoms with van der Waals surface area (Å²) in [6, 6.07) is 7.43. The fourth-order valence-corrected chi connectivity index (χ4v) is 4.92. The second kappa shape index (κ2) is 8.05. The summed E-state index contributed by atoms with van der Waals surface area (Å²) in [6.45, 7) is 0.755. The van der Waals surface area contributed by atoms with Crippen LogP contribution in [0.5, 0.6) is 0 Å². The van der Waals surface area contributed by atoms with Gasteiger partial charge in [0.05, 0.1) is 17.0 Å². The van der Waals surface area contributed by atoms with Gasteiger partial charge >= 0.3 is 0 Å². The molecule has 0 saturated carbocycles. The van der Waals surface area contributed by atoms with Crippen LogP contribution in [-0.4, -0.2) is 47.7 Å². The monoisotopic (exact) mass is 437 g/mol. The Bertz CT molecular complexity index is 1030. The van der Waals surface area contributed by atoms with E-state index in [0.717, 1.165) is 9.88 Å². The summed E-state index contributed by atoms with van der Waals surface area (Å²) in [6.07, 6.45) is 0.890. The first-order valence-corrected chi connectivity index (χ1v) is 10.00. The van der Waals surface area contributed by atoms with Gasteiger partial charge in [0.2, 0.25) is 0 Å². The second-order valence-corrected chi connectivity index (χ2v) is 7.99. The van der Waals surface area contributed by atoms with Crippen molar-refractivity contribution in [1.82, 2.24) is 15.2 Å². The van der Waals surface area contributed by atoms with E-state index < -0.39 is 12.8 Å². The van der Waals surface area contributed by atoms with Gasteiger partial charge in [-0.05, 0) is 12.1 Å². The van der Waals surface area contributed by atoms with Crippen LogP contribution >= 0.6 is 34.5 Å². The number of halogens is 3. The van der Waals surface area contributed by atoms with Crippen molar-refractivity contribution in [3.63, 3.8) is 0 Å². The first-order valence-electron chi connectivity index (χ1n) is 8.43. The molecule has 28 heavy (non-hydrogen) atoms. The van der Waals surface area contributed by atoms with Gasteiger partial charge in [0.1, 0.15) is 30.2 Å².